The van der Waals surface area contributed by atoms with Crippen LogP contribution in [0.25, 0.3) is 0 Å². The third kappa shape index (κ3) is 4.20. The number of hydrogen-bond donors (Lipinski definition) is 0. The number of benzene rings is 1. The number of thioether (sulfide) groups is 1. The van der Waals surface area contributed by atoms with Crippen LogP contribution in [0.15, 0.2) is 24.3 Å². The standard InChI is InChI=1S/C19H24N2O4S/c1-2-25-16-6-4-3-5-14(16)7-8-17(22)20-11-9-15(10-12-20)21-18(23)13-26-19(21)24/h3-6,15H,2,7-13H2,1H3. The molecule has 2 heterocycles. The molecule has 1 aromatic carbocycles. The lowest BCUT2D eigenvalue weighted by Crippen LogP contribution is -2.48. The molecule has 2 aliphatic heterocycles. The molecule has 0 saturated carbocycles. The Morgan fingerprint density at radius 1 is 1.23 bits per heavy atom. The minimum Gasteiger partial charge on any atom is -0.494 e. The average molecular weight is 376 g/mol. The van der Waals surface area contributed by atoms with Gasteiger partial charge >= 0.3 is 0 Å². The van der Waals surface area contributed by atoms with E-state index in [2.05, 4.69) is 0 Å². The Hall–Kier alpha value is -2.02. The Morgan fingerprint density at radius 3 is 2.62 bits per heavy atom. The number of piperidine rings is 1. The molecule has 7 heteroatoms. The maximum absolute atomic E-state index is 12.5. The lowest BCUT2D eigenvalue weighted by molar-refractivity contribution is -0.133. The van der Waals surface area contributed by atoms with E-state index in [4.69, 9.17) is 4.74 Å². The number of para-hydroxylation sites is 1. The molecule has 26 heavy (non-hydrogen) atoms. The van der Waals surface area contributed by atoms with Crippen LogP contribution in [0.3, 0.4) is 0 Å². The zero-order valence-corrected chi connectivity index (χ0v) is 15.8. The molecule has 6 nitrogen and oxygen atoms in total. The van der Waals surface area contributed by atoms with Gasteiger partial charge in [-0.1, -0.05) is 30.0 Å². The zero-order valence-electron chi connectivity index (χ0n) is 15.0. The number of carbonyl (C=O) groups excluding carboxylic acids is 3. The van der Waals surface area contributed by atoms with Crippen molar-refractivity contribution in [2.45, 2.75) is 38.6 Å². The van der Waals surface area contributed by atoms with E-state index in [1.54, 1.807) is 0 Å². The summed E-state index contributed by atoms with van der Waals surface area (Å²) in [6, 6.07) is 7.74. The molecule has 0 spiro atoms. The van der Waals surface area contributed by atoms with E-state index >= 15 is 0 Å². The molecule has 0 aliphatic carbocycles. The van der Waals surface area contributed by atoms with E-state index in [9.17, 15) is 14.4 Å². The summed E-state index contributed by atoms with van der Waals surface area (Å²) in [7, 11) is 0. The molecule has 1 aromatic rings. The summed E-state index contributed by atoms with van der Waals surface area (Å²) < 4.78 is 5.61. The van der Waals surface area contributed by atoms with Crippen molar-refractivity contribution in [3.05, 3.63) is 29.8 Å². The largest absolute Gasteiger partial charge is 0.494 e. The molecule has 2 saturated heterocycles. The Bertz CT molecular complexity index is 670. The van der Waals surface area contributed by atoms with E-state index in [0.29, 0.717) is 45.4 Å². The van der Waals surface area contributed by atoms with Crippen LogP contribution in [0.1, 0.15) is 31.7 Å². The van der Waals surface area contributed by atoms with Crippen molar-refractivity contribution in [3.63, 3.8) is 0 Å². The first-order valence-corrected chi connectivity index (χ1v) is 10.1. The minimum atomic E-state index is -0.146. The molecule has 2 fully saturated rings. The third-order valence-electron chi connectivity index (χ3n) is 4.85. The monoisotopic (exact) mass is 376 g/mol. The summed E-state index contributed by atoms with van der Waals surface area (Å²) in [4.78, 5) is 39.4. The highest BCUT2D eigenvalue weighted by Crippen LogP contribution is 2.27. The van der Waals surface area contributed by atoms with Gasteiger partial charge in [-0.3, -0.25) is 19.3 Å². The van der Waals surface area contributed by atoms with Crippen LogP contribution >= 0.6 is 11.8 Å². The van der Waals surface area contributed by atoms with Gasteiger partial charge in [0.05, 0.1) is 12.4 Å². The van der Waals surface area contributed by atoms with E-state index in [-0.39, 0.29) is 28.8 Å². The molecule has 0 unspecified atom stereocenters. The normalized spacial score (nSPS) is 18.5. The second kappa shape index (κ2) is 8.58. The maximum Gasteiger partial charge on any atom is 0.289 e. The lowest BCUT2D eigenvalue weighted by Gasteiger charge is -2.35. The maximum atomic E-state index is 12.5. The number of imide groups is 1. The number of carbonyl (C=O) groups is 3. The smallest absolute Gasteiger partial charge is 0.289 e. The van der Waals surface area contributed by atoms with Crippen LogP contribution in [0, 0.1) is 0 Å². The number of nitrogens with zero attached hydrogens (tertiary/aromatic N) is 2. The van der Waals surface area contributed by atoms with E-state index in [1.807, 2.05) is 36.1 Å². The summed E-state index contributed by atoms with van der Waals surface area (Å²) >= 11 is 1.07. The number of hydrogen-bond acceptors (Lipinski definition) is 5. The summed E-state index contributed by atoms with van der Waals surface area (Å²) in [5, 5.41) is -0.146. The van der Waals surface area contributed by atoms with Gasteiger partial charge in [-0.2, -0.15) is 0 Å². The lowest BCUT2D eigenvalue weighted by atomic mass is 10.0. The van der Waals surface area contributed by atoms with Gasteiger partial charge in [-0.25, -0.2) is 0 Å². The predicted octanol–water partition coefficient (Wildman–Crippen LogP) is 2.70. The van der Waals surface area contributed by atoms with Crippen molar-refractivity contribution in [2.24, 2.45) is 0 Å². The van der Waals surface area contributed by atoms with Gasteiger partial charge in [0.15, 0.2) is 0 Å². The third-order valence-corrected chi connectivity index (χ3v) is 5.68. The van der Waals surface area contributed by atoms with E-state index in [1.165, 1.54) is 4.90 Å². The summed E-state index contributed by atoms with van der Waals surface area (Å²) in [6.45, 7) is 3.74. The second-order valence-electron chi connectivity index (χ2n) is 6.47. The summed E-state index contributed by atoms with van der Waals surface area (Å²) in [5.74, 6) is 1.10. The van der Waals surface area contributed by atoms with Crippen LogP contribution < -0.4 is 4.74 Å². The Kier molecular flexibility index (Phi) is 6.19. The van der Waals surface area contributed by atoms with Crippen molar-refractivity contribution < 1.29 is 19.1 Å². The quantitative estimate of drug-likeness (QED) is 0.764. The Balaban J connectivity index is 1.50. The first-order valence-electron chi connectivity index (χ1n) is 9.07. The number of rotatable bonds is 6. The highest BCUT2D eigenvalue weighted by molar-refractivity contribution is 8.14. The Labute approximate surface area is 157 Å². The van der Waals surface area contributed by atoms with E-state index < -0.39 is 0 Å². The highest BCUT2D eigenvalue weighted by atomic mass is 32.2. The average Bonchev–Trinajstić information content (AvgIpc) is 2.99. The van der Waals surface area contributed by atoms with Crippen molar-refractivity contribution in [1.82, 2.24) is 9.80 Å². The van der Waals surface area contributed by atoms with Crippen molar-refractivity contribution in [1.29, 1.82) is 0 Å². The first kappa shape index (κ1) is 18.8. The van der Waals surface area contributed by atoms with Crippen LogP contribution in [-0.4, -0.2) is 58.3 Å². The molecule has 0 bridgehead atoms. The topological polar surface area (TPSA) is 66.9 Å². The number of likely N-dealkylation sites (tertiary alicyclic amines) is 1. The SMILES string of the molecule is CCOc1ccccc1CCC(=O)N1CCC(N2C(=O)CSC2=O)CC1. The highest BCUT2D eigenvalue weighted by Gasteiger charge is 2.37. The molecule has 0 N–H and O–H groups in total. The van der Waals surface area contributed by atoms with Gasteiger partial charge in [0.1, 0.15) is 5.75 Å². The van der Waals surface area contributed by atoms with Gasteiger partial charge in [0.25, 0.3) is 5.24 Å². The number of amides is 3. The summed E-state index contributed by atoms with van der Waals surface area (Å²) in [5.41, 5.74) is 1.04. The van der Waals surface area contributed by atoms with Crippen molar-refractivity contribution >= 4 is 28.8 Å². The van der Waals surface area contributed by atoms with Crippen LogP contribution in [0.2, 0.25) is 0 Å². The van der Waals surface area contributed by atoms with Crippen LogP contribution in [0.5, 0.6) is 5.75 Å². The fourth-order valence-electron chi connectivity index (χ4n) is 3.50. The minimum absolute atomic E-state index is 0.0623. The predicted molar refractivity (Wildman–Crippen MR) is 100 cm³/mol. The molecule has 0 radical (unpaired) electrons. The number of aryl methyl sites for hydroxylation is 1. The van der Waals surface area contributed by atoms with Gasteiger partial charge in [-0.15, -0.1) is 0 Å². The molecule has 3 amide bonds. The van der Waals surface area contributed by atoms with Gasteiger partial charge < -0.3 is 9.64 Å². The molecule has 2 aliphatic rings. The van der Waals surface area contributed by atoms with Crippen LogP contribution in [0.4, 0.5) is 4.79 Å². The Morgan fingerprint density at radius 2 is 1.96 bits per heavy atom. The fraction of sp³-hybridized carbons (Fsp3) is 0.526. The van der Waals surface area contributed by atoms with Gasteiger partial charge in [0, 0.05) is 25.6 Å². The van der Waals surface area contributed by atoms with E-state index in [0.717, 1.165) is 23.1 Å². The molecule has 3 rings (SSSR count). The van der Waals surface area contributed by atoms with Crippen molar-refractivity contribution in [2.75, 3.05) is 25.4 Å². The summed E-state index contributed by atoms with van der Waals surface area (Å²) in [6.07, 6.45) is 2.42. The van der Waals surface area contributed by atoms with Crippen LogP contribution in [-0.2, 0) is 16.0 Å². The van der Waals surface area contributed by atoms with Gasteiger partial charge in [0.2, 0.25) is 11.8 Å². The molecular formula is C19H24N2O4S. The first-order chi connectivity index (χ1) is 12.6. The fourth-order valence-corrected chi connectivity index (χ4v) is 4.27. The zero-order chi connectivity index (χ0) is 18.5. The molecule has 0 aromatic heterocycles. The molecule has 0 atom stereocenters. The van der Waals surface area contributed by atoms with Crippen molar-refractivity contribution in [3.8, 4) is 5.75 Å². The molecular weight excluding hydrogens is 352 g/mol. The molecule has 140 valence electrons. The number of ether oxygens (including phenoxy) is 1. The second-order valence-corrected chi connectivity index (χ2v) is 7.40. The van der Waals surface area contributed by atoms with Gasteiger partial charge in [-0.05, 0) is 37.8 Å².